The molecule has 6 heteroatoms. The molecular weight excluding hydrogens is 322 g/mol. The van der Waals surface area contributed by atoms with Gasteiger partial charge in [0.2, 0.25) is 10.0 Å². The van der Waals surface area contributed by atoms with Crippen molar-refractivity contribution >= 4 is 10.0 Å². The molecule has 0 fully saturated rings. The maximum absolute atomic E-state index is 12.8. The smallest absolute Gasteiger partial charge is 0.241 e. The van der Waals surface area contributed by atoms with Crippen molar-refractivity contribution in [2.75, 3.05) is 0 Å². The summed E-state index contributed by atoms with van der Waals surface area (Å²) in [5.74, 6) is 0.636. The first kappa shape index (κ1) is 16.4. The van der Waals surface area contributed by atoms with Gasteiger partial charge in [-0.2, -0.15) is 4.72 Å². The second kappa shape index (κ2) is 6.59. The molecule has 0 unspecified atom stereocenters. The molecule has 0 bridgehead atoms. The Labute approximate surface area is 142 Å². The molecule has 0 spiro atoms. The average molecular weight is 341 g/mol. The number of aromatic nitrogens is 2. The van der Waals surface area contributed by atoms with E-state index in [-0.39, 0.29) is 4.90 Å². The van der Waals surface area contributed by atoms with E-state index in [2.05, 4.69) is 9.71 Å². The third-order valence-corrected chi connectivity index (χ3v) is 5.29. The largest absolute Gasteiger partial charge is 0.336 e. The topological polar surface area (TPSA) is 64.0 Å². The lowest BCUT2D eigenvalue weighted by atomic mass is 10.1. The lowest BCUT2D eigenvalue weighted by molar-refractivity contribution is 0.563. The molecule has 0 saturated carbocycles. The maximum Gasteiger partial charge on any atom is 0.241 e. The van der Waals surface area contributed by atoms with E-state index >= 15 is 0 Å². The van der Waals surface area contributed by atoms with E-state index < -0.39 is 16.1 Å². The van der Waals surface area contributed by atoms with Crippen molar-refractivity contribution in [3.05, 3.63) is 83.9 Å². The zero-order valence-corrected chi connectivity index (χ0v) is 14.4. The lowest BCUT2D eigenvalue weighted by Gasteiger charge is -2.19. The van der Waals surface area contributed by atoms with Crippen LogP contribution in [-0.2, 0) is 17.1 Å². The van der Waals surface area contributed by atoms with Crippen LogP contribution < -0.4 is 4.72 Å². The van der Waals surface area contributed by atoms with E-state index in [1.165, 1.54) is 0 Å². The second-order valence-corrected chi connectivity index (χ2v) is 7.39. The Morgan fingerprint density at radius 1 is 1.04 bits per heavy atom. The van der Waals surface area contributed by atoms with E-state index in [0.717, 1.165) is 11.1 Å². The third-order valence-electron chi connectivity index (χ3n) is 3.85. The Kier molecular flexibility index (Phi) is 4.51. The Balaban J connectivity index is 2.01. The number of rotatable bonds is 5. The first-order valence-corrected chi connectivity index (χ1v) is 9.07. The van der Waals surface area contributed by atoms with Crippen LogP contribution >= 0.6 is 0 Å². The highest BCUT2D eigenvalue weighted by Crippen LogP contribution is 2.23. The van der Waals surface area contributed by atoms with Crippen molar-refractivity contribution in [1.29, 1.82) is 0 Å². The number of imidazole rings is 1. The van der Waals surface area contributed by atoms with Crippen molar-refractivity contribution in [3.63, 3.8) is 0 Å². The van der Waals surface area contributed by atoms with Crippen molar-refractivity contribution in [3.8, 4) is 0 Å². The predicted molar refractivity (Wildman–Crippen MR) is 93.0 cm³/mol. The second-order valence-electron chi connectivity index (χ2n) is 5.67. The monoisotopic (exact) mass is 341 g/mol. The number of nitrogens with zero attached hydrogens (tertiary/aromatic N) is 2. The van der Waals surface area contributed by atoms with Crippen molar-refractivity contribution in [2.24, 2.45) is 7.05 Å². The minimum atomic E-state index is -3.67. The van der Waals surface area contributed by atoms with E-state index in [1.54, 1.807) is 36.7 Å². The fourth-order valence-corrected chi connectivity index (χ4v) is 3.69. The SMILES string of the molecule is Cc1ccc(S(=O)(=O)N[C@H](c2ccccc2)c2nccn2C)cc1. The maximum atomic E-state index is 12.8. The molecule has 0 amide bonds. The normalized spacial score (nSPS) is 12.9. The number of hydrogen-bond donors (Lipinski definition) is 1. The summed E-state index contributed by atoms with van der Waals surface area (Å²) in [5, 5.41) is 0. The molecule has 3 aromatic rings. The summed E-state index contributed by atoms with van der Waals surface area (Å²) in [5.41, 5.74) is 1.85. The van der Waals surface area contributed by atoms with Crippen molar-refractivity contribution in [1.82, 2.24) is 14.3 Å². The van der Waals surface area contributed by atoms with Crippen LogP contribution in [0.5, 0.6) is 0 Å². The van der Waals surface area contributed by atoms with Gasteiger partial charge in [0.1, 0.15) is 11.9 Å². The molecule has 0 aliphatic carbocycles. The molecule has 24 heavy (non-hydrogen) atoms. The number of sulfonamides is 1. The van der Waals surface area contributed by atoms with Gasteiger partial charge >= 0.3 is 0 Å². The van der Waals surface area contributed by atoms with Crippen LogP contribution in [0.3, 0.4) is 0 Å². The summed E-state index contributed by atoms with van der Waals surface area (Å²) in [4.78, 5) is 4.56. The van der Waals surface area contributed by atoms with Gasteiger partial charge in [0.05, 0.1) is 4.90 Å². The molecule has 2 aromatic carbocycles. The summed E-state index contributed by atoms with van der Waals surface area (Å²) in [6.07, 6.45) is 3.46. The predicted octanol–water partition coefficient (Wildman–Crippen LogP) is 2.80. The molecule has 1 atom stereocenters. The Bertz CT molecular complexity index is 916. The Morgan fingerprint density at radius 3 is 2.29 bits per heavy atom. The first-order chi connectivity index (χ1) is 11.5. The minimum absolute atomic E-state index is 0.239. The van der Waals surface area contributed by atoms with Crippen molar-refractivity contribution < 1.29 is 8.42 Å². The first-order valence-electron chi connectivity index (χ1n) is 7.58. The van der Waals surface area contributed by atoms with E-state index in [9.17, 15) is 8.42 Å². The molecule has 124 valence electrons. The van der Waals surface area contributed by atoms with Crippen LogP contribution in [-0.4, -0.2) is 18.0 Å². The van der Waals surface area contributed by atoms with Crippen LogP contribution in [0.2, 0.25) is 0 Å². The number of hydrogen-bond acceptors (Lipinski definition) is 3. The van der Waals surface area contributed by atoms with Crippen LogP contribution in [0.15, 0.2) is 71.9 Å². The molecule has 1 N–H and O–H groups in total. The molecule has 5 nitrogen and oxygen atoms in total. The highest BCUT2D eigenvalue weighted by Gasteiger charge is 2.25. The van der Waals surface area contributed by atoms with Crippen LogP contribution in [0.4, 0.5) is 0 Å². The van der Waals surface area contributed by atoms with E-state index in [4.69, 9.17) is 0 Å². The van der Waals surface area contributed by atoms with Gasteiger partial charge in [-0.3, -0.25) is 0 Å². The minimum Gasteiger partial charge on any atom is -0.336 e. The van der Waals surface area contributed by atoms with Crippen LogP contribution in [0.25, 0.3) is 0 Å². The highest BCUT2D eigenvalue weighted by molar-refractivity contribution is 7.89. The van der Waals surface area contributed by atoms with Gasteiger partial charge in [-0.25, -0.2) is 13.4 Å². The number of nitrogens with one attached hydrogen (secondary N) is 1. The molecule has 0 radical (unpaired) electrons. The summed E-state index contributed by atoms with van der Waals surface area (Å²) >= 11 is 0. The number of benzene rings is 2. The average Bonchev–Trinajstić information content (AvgIpc) is 3.00. The van der Waals surface area contributed by atoms with Gasteiger partial charge in [0.25, 0.3) is 0 Å². The van der Waals surface area contributed by atoms with Crippen molar-refractivity contribution in [2.45, 2.75) is 17.9 Å². The zero-order chi connectivity index (χ0) is 17.2. The summed E-state index contributed by atoms with van der Waals surface area (Å²) in [6.45, 7) is 1.92. The standard InChI is InChI=1S/C18H19N3O2S/c1-14-8-10-16(11-9-14)24(22,23)20-17(15-6-4-3-5-7-15)18-19-12-13-21(18)2/h3-13,17,20H,1-2H3/t17-/m1/s1. The molecule has 3 rings (SSSR count). The highest BCUT2D eigenvalue weighted by atomic mass is 32.2. The fourth-order valence-electron chi connectivity index (χ4n) is 2.51. The molecule has 0 aliphatic heterocycles. The third kappa shape index (κ3) is 3.39. The van der Waals surface area contributed by atoms with E-state index in [1.807, 2.05) is 48.9 Å². The van der Waals surface area contributed by atoms with Crippen LogP contribution in [0.1, 0.15) is 23.0 Å². The summed E-state index contributed by atoms with van der Waals surface area (Å²) < 4.78 is 30.2. The molecule has 1 heterocycles. The Morgan fingerprint density at radius 2 is 1.71 bits per heavy atom. The van der Waals surface area contributed by atoms with Gasteiger partial charge in [0.15, 0.2) is 0 Å². The van der Waals surface area contributed by atoms with Crippen LogP contribution in [0, 0.1) is 6.92 Å². The summed E-state index contributed by atoms with van der Waals surface area (Å²) in [7, 11) is -1.82. The van der Waals surface area contributed by atoms with E-state index in [0.29, 0.717) is 5.82 Å². The van der Waals surface area contributed by atoms with Gasteiger partial charge in [0, 0.05) is 19.4 Å². The zero-order valence-electron chi connectivity index (χ0n) is 13.5. The molecular formula is C18H19N3O2S. The van der Waals surface area contributed by atoms with Gasteiger partial charge in [-0.1, -0.05) is 48.0 Å². The lowest BCUT2D eigenvalue weighted by Crippen LogP contribution is -2.31. The number of aryl methyl sites for hydroxylation is 2. The Hall–Kier alpha value is -2.44. The molecule has 0 saturated heterocycles. The van der Waals surface area contributed by atoms with Gasteiger partial charge < -0.3 is 4.57 Å². The van der Waals surface area contributed by atoms with Gasteiger partial charge in [-0.15, -0.1) is 0 Å². The molecule has 0 aliphatic rings. The summed E-state index contributed by atoms with van der Waals surface area (Å²) in [6, 6.07) is 15.7. The fraction of sp³-hybridized carbons (Fsp3) is 0.167. The quantitative estimate of drug-likeness (QED) is 0.776. The molecule has 1 aromatic heterocycles. The van der Waals surface area contributed by atoms with Gasteiger partial charge in [-0.05, 0) is 24.6 Å².